The van der Waals surface area contributed by atoms with E-state index >= 15 is 0 Å². The molecule has 0 aromatic carbocycles. The normalized spacial score (nSPS) is 13.1. The Morgan fingerprint density at radius 2 is 2.22 bits per heavy atom. The van der Waals surface area contributed by atoms with E-state index in [1.165, 1.54) is 17.1 Å². The number of hydrogen-bond donors (Lipinski definition) is 2. The van der Waals surface area contributed by atoms with E-state index in [9.17, 15) is 9.59 Å². The highest BCUT2D eigenvalue weighted by Crippen LogP contribution is 2.17. The Morgan fingerprint density at radius 1 is 1.61 bits per heavy atom. The summed E-state index contributed by atoms with van der Waals surface area (Å²) in [7, 11) is 0. The lowest BCUT2D eigenvalue weighted by Gasteiger charge is -2.26. The van der Waals surface area contributed by atoms with Crippen LogP contribution in [-0.2, 0) is 15.1 Å². The number of aromatic nitrogens is 2. The summed E-state index contributed by atoms with van der Waals surface area (Å²) < 4.78 is 1.40. The van der Waals surface area contributed by atoms with Crippen molar-refractivity contribution in [2.75, 3.05) is 0 Å². The Hall–Kier alpha value is -1.56. The molecule has 0 saturated carbocycles. The number of carbonyl (C=O) groups is 2. The molecule has 18 heavy (non-hydrogen) atoms. The molecule has 6 nitrogen and oxygen atoms in total. The second-order valence-electron chi connectivity index (χ2n) is 4.43. The molecule has 7 heteroatoms. The fraction of sp³-hybridized carbons (Fsp3) is 0.545. The molecular weight excluding hydrogens is 258 g/mol. The number of carbonyl (C=O) groups excluding carboxylic acids is 1. The summed E-state index contributed by atoms with van der Waals surface area (Å²) in [6, 6.07) is -0.900. The number of hydrogen-bond acceptors (Lipinski definition) is 3. The molecule has 100 valence electrons. The second-order valence-corrected chi connectivity index (χ2v) is 4.87. The van der Waals surface area contributed by atoms with Gasteiger partial charge in [0.25, 0.3) is 0 Å². The van der Waals surface area contributed by atoms with Crippen LogP contribution in [0, 0.1) is 0 Å². The molecule has 0 aliphatic heterocycles. The molecule has 0 aliphatic rings. The Bertz CT molecular complexity index is 456. The Morgan fingerprint density at radius 3 is 2.61 bits per heavy atom. The van der Waals surface area contributed by atoms with Gasteiger partial charge < -0.3 is 10.4 Å². The van der Waals surface area contributed by atoms with Gasteiger partial charge in [0, 0.05) is 6.20 Å². The number of carboxylic acid groups (broad SMARTS) is 1. The van der Waals surface area contributed by atoms with Crippen LogP contribution in [0.1, 0.15) is 27.2 Å². The second kappa shape index (κ2) is 5.39. The van der Waals surface area contributed by atoms with Crippen molar-refractivity contribution in [3.05, 3.63) is 17.4 Å². The number of amides is 1. The minimum Gasteiger partial charge on any atom is -0.480 e. The number of nitrogens with one attached hydrogen (secondary N) is 1. The van der Waals surface area contributed by atoms with Crippen molar-refractivity contribution in [1.82, 2.24) is 15.1 Å². The molecule has 2 N–H and O–H groups in total. The van der Waals surface area contributed by atoms with Crippen LogP contribution in [-0.4, -0.2) is 32.8 Å². The largest absolute Gasteiger partial charge is 0.480 e. The van der Waals surface area contributed by atoms with Crippen LogP contribution in [0.3, 0.4) is 0 Å². The van der Waals surface area contributed by atoms with Gasteiger partial charge in [-0.3, -0.25) is 9.48 Å². The van der Waals surface area contributed by atoms with Gasteiger partial charge in [-0.25, -0.2) is 4.79 Å². The van der Waals surface area contributed by atoms with Gasteiger partial charge in [0.1, 0.15) is 11.6 Å². The molecule has 0 saturated heterocycles. The Labute approximate surface area is 110 Å². The minimum absolute atomic E-state index is 0.316. The van der Waals surface area contributed by atoms with Gasteiger partial charge in [-0.05, 0) is 20.3 Å². The van der Waals surface area contributed by atoms with Gasteiger partial charge >= 0.3 is 5.97 Å². The first-order valence-electron chi connectivity index (χ1n) is 5.53. The molecule has 1 amide bonds. The maximum atomic E-state index is 12.1. The summed E-state index contributed by atoms with van der Waals surface area (Å²) in [6.45, 7) is 4.97. The van der Waals surface area contributed by atoms with Crippen LogP contribution in [0.4, 0.5) is 0 Å². The van der Waals surface area contributed by atoms with Crippen LogP contribution in [0.5, 0.6) is 0 Å². The van der Waals surface area contributed by atoms with Crippen molar-refractivity contribution in [3.8, 4) is 0 Å². The third-order valence-corrected chi connectivity index (χ3v) is 2.89. The summed E-state index contributed by atoms with van der Waals surface area (Å²) in [5.41, 5.74) is -1.00. The van der Waals surface area contributed by atoms with E-state index in [0.717, 1.165) is 0 Å². The van der Waals surface area contributed by atoms with Gasteiger partial charge in [0.2, 0.25) is 5.91 Å². The molecule has 0 radical (unpaired) electrons. The molecule has 1 aromatic heterocycles. The summed E-state index contributed by atoms with van der Waals surface area (Å²) in [4.78, 5) is 22.9. The van der Waals surface area contributed by atoms with Crippen LogP contribution in [0.15, 0.2) is 12.4 Å². The van der Waals surface area contributed by atoms with Crippen molar-refractivity contribution < 1.29 is 14.7 Å². The first-order valence-corrected chi connectivity index (χ1v) is 5.91. The van der Waals surface area contributed by atoms with E-state index in [4.69, 9.17) is 16.7 Å². The number of nitrogens with zero attached hydrogens (tertiary/aromatic N) is 2. The van der Waals surface area contributed by atoms with Crippen molar-refractivity contribution in [3.63, 3.8) is 0 Å². The van der Waals surface area contributed by atoms with Gasteiger partial charge in [-0.1, -0.05) is 18.5 Å². The number of aliphatic carboxylic acids is 1. The average Bonchev–Trinajstić information content (AvgIpc) is 2.72. The average molecular weight is 274 g/mol. The van der Waals surface area contributed by atoms with E-state index in [1.807, 2.05) is 0 Å². The van der Waals surface area contributed by atoms with Gasteiger partial charge in [0.15, 0.2) is 0 Å². The standard InChI is InChI=1S/C11H16ClN3O3/c1-4-8(9(16)17)14-10(18)11(2,3)15-6-7(12)5-13-15/h5-6,8H,4H2,1-3H3,(H,14,18)(H,16,17). The summed E-state index contributed by atoms with van der Waals surface area (Å²) in [5, 5.41) is 15.8. The summed E-state index contributed by atoms with van der Waals surface area (Å²) in [5.74, 6) is -1.48. The van der Waals surface area contributed by atoms with E-state index in [0.29, 0.717) is 11.4 Å². The van der Waals surface area contributed by atoms with Crippen LogP contribution < -0.4 is 5.32 Å². The zero-order valence-corrected chi connectivity index (χ0v) is 11.2. The first-order chi connectivity index (χ1) is 8.28. The molecule has 0 spiro atoms. The first kappa shape index (κ1) is 14.5. The fourth-order valence-corrected chi connectivity index (χ4v) is 1.52. The number of halogens is 1. The predicted molar refractivity (Wildman–Crippen MR) is 66.4 cm³/mol. The Kier molecular flexibility index (Phi) is 4.34. The SMILES string of the molecule is CCC(NC(=O)C(C)(C)n1cc(Cl)cn1)C(=O)O. The highest BCUT2D eigenvalue weighted by atomic mass is 35.5. The monoisotopic (exact) mass is 273 g/mol. The number of carboxylic acids is 1. The molecule has 1 heterocycles. The van der Waals surface area contributed by atoms with Gasteiger partial charge in [-0.2, -0.15) is 5.10 Å². The molecule has 1 unspecified atom stereocenters. The van der Waals surface area contributed by atoms with E-state index in [2.05, 4.69) is 10.4 Å². The van der Waals surface area contributed by atoms with Gasteiger partial charge in [-0.15, -0.1) is 0 Å². The van der Waals surface area contributed by atoms with Crippen LogP contribution in [0.25, 0.3) is 0 Å². The molecule has 0 aliphatic carbocycles. The molecule has 0 bridgehead atoms. The van der Waals surface area contributed by atoms with Crippen molar-refractivity contribution in [2.45, 2.75) is 38.8 Å². The molecule has 0 fully saturated rings. The van der Waals surface area contributed by atoms with E-state index in [1.54, 1.807) is 20.8 Å². The summed E-state index contributed by atoms with van der Waals surface area (Å²) in [6.07, 6.45) is 3.25. The highest BCUT2D eigenvalue weighted by molar-refractivity contribution is 6.30. The summed E-state index contributed by atoms with van der Waals surface area (Å²) >= 11 is 5.75. The van der Waals surface area contributed by atoms with E-state index < -0.39 is 23.5 Å². The van der Waals surface area contributed by atoms with Crippen molar-refractivity contribution in [2.24, 2.45) is 0 Å². The zero-order valence-electron chi connectivity index (χ0n) is 10.5. The Balaban J connectivity index is 2.85. The minimum atomic E-state index is -1.06. The van der Waals surface area contributed by atoms with Crippen LogP contribution in [0.2, 0.25) is 5.02 Å². The predicted octanol–water partition coefficient (Wildman–Crippen LogP) is 1.25. The third kappa shape index (κ3) is 3.01. The maximum Gasteiger partial charge on any atom is 0.326 e. The number of rotatable bonds is 5. The fourth-order valence-electron chi connectivity index (χ4n) is 1.38. The zero-order chi connectivity index (χ0) is 13.9. The lowest BCUT2D eigenvalue weighted by molar-refractivity contribution is -0.143. The lowest BCUT2D eigenvalue weighted by Crippen LogP contribution is -2.50. The quantitative estimate of drug-likeness (QED) is 0.846. The molecular formula is C11H16ClN3O3. The molecule has 1 rings (SSSR count). The molecule has 1 aromatic rings. The maximum absolute atomic E-state index is 12.1. The highest BCUT2D eigenvalue weighted by Gasteiger charge is 2.33. The van der Waals surface area contributed by atoms with Crippen LogP contribution >= 0.6 is 11.6 Å². The molecule has 1 atom stereocenters. The van der Waals surface area contributed by atoms with Gasteiger partial charge in [0.05, 0.1) is 11.2 Å². The lowest BCUT2D eigenvalue weighted by atomic mass is 10.0. The van der Waals surface area contributed by atoms with Crippen molar-refractivity contribution in [1.29, 1.82) is 0 Å². The smallest absolute Gasteiger partial charge is 0.326 e. The van der Waals surface area contributed by atoms with E-state index in [-0.39, 0.29) is 0 Å². The third-order valence-electron chi connectivity index (χ3n) is 2.69. The van der Waals surface area contributed by atoms with Crippen molar-refractivity contribution >= 4 is 23.5 Å². The topological polar surface area (TPSA) is 84.2 Å².